The van der Waals surface area contributed by atoms with Gasteiger partial charge in [0.25, 0.3) is 5.91 Å². The van der Waals surface area contributed by atoms with Crippen LogP contribution in [0.3, 0.4) is 0 Å². The van der Waals surface area contributed by atoms with Crippen molar-refractivity contribution >= 4 is 41.2 Å². The number of rotatable bonds is 8. The molecular formula is C26H22ClF3N4O4. The maximum absolute atomic E-state index is 12.9. The number of nitrogens with one attached hydrogen (secondary N) is 3. The quantitative estimate of drug-likeness (QED) is 0.216. The van der Waals surface area contributed by atoms with Crippen LogP contribution in [0.4, 0.5) is 18.9 Å². The van der Waals surface area contributed by atoms with E-state index in [1.807, 2.05) is 48.0 Å². The van der Waals surface area contributed by atoms with E-state index < -0.39 is 28.6 Å². The summed E-state index contributed by atoms with van der Waals surface area (Å²) in [6, 6.07) is 18.4. The fraction of sp³-hybridized carbons (Fsp3) is 0.154. The average Bonchev–Trinajstić information content (AvgIpc) is 2.89. The van der Waals surface area contributed by atoms with Crippen LogP contribution in [0.2, 0.25) is 5.02 Å². The van der Waals surface area contributed by atoms with Crippen LogP contribution < -0.4 is 20.8 Å². The van der Waals surface area contributed by atoms with E-state index >= 15 is 0 Å². The minimum Gasteiger partial charge on any atom is -0.484 e. The van der Waals surface area contributed by atoms with Crippen molar-refractivity contribution in [2.24, 2.45) is 5.10 Å². The summed E-state index contributed by atoms with van der Waals surface area (Å²) < 4.78 is 44.3. The van der Waals surface area contributed by atoms with Crippen LogP contribution in [0.1, 0.15) is 29.7 Å². The van der Waals surface area contributed by atoms with Gasteiger partial charge in [-0.25, -0.2) is 5.43 Å². The fourth-order valence-electron chi connectivity index (χ4n) is 3.13. The van der Waals surface area contributed by atoms with Gasteiger partial charge in [-0.05, 0) is 60.5 Å². The fourth-order valence-corrected chi connectivity index (χ4v) is 3.36. The third kappa shape index (κ3) is 8.34. The molecule has 3 rings (SSSR count). The van der Waals surface area contributed by atoms with Crippen molar-refractivity contribution in [2.45, 2.75) is 19.1 Å². The van der Waals surface area contributed by atoms with E-state index in [0.29, 0.717) is 17.4 Å². The van der Waals surface area contributed by atoms with Crippen molar-refractivity contribution in [3.8, 4) is 5.75 Å². The SMILES string of the molecule is C[C@H](NC(=O)COc1ccc(/C=N\NC(=O)C(=O)Nc2ccc(Cl)c(C(F)(F)F)c2)cc1)c1ccccc1. The van der Waals surface area contributed by atoms with Crippen LogP contribution in [0.15, 0.2) is 77.9 Å². The molecule has 3 aromatic rings. The zero-order chi connectivity index (χ0) is 27.7. The molecule has 0 radical (unpaired) electrons. The van der Waals surface area contributed by atoms with Gasteiger partial charge in [0.05, 0.1) is 22.8 Å². The van der Waals surface area contributed by atoms with E-state index in [9.17, 15) is 27.6 Å². The zero-order valence-corrected chi connectivity index (χ0v) is 20.6. The number of amides is 3. The number of benzene rings is 3. The molecular weight excluding hydrogens is 525 g/mol. The van der Waals surface area contributed by atoms with Gasteiger partial charge in [-0.15, -0.1) is 0 Å². The Morgan fingerprint density at radius 1 is 1.00 bits per heavy atom. The molecule has 3 amide bonds. The normalized spacial score (nSPS) is 12.0. The van der Waals surface area contributed by atoms with E-state index in [2.05, 4.69) is 10.4 Å². The Morgan fingerprint density at radius 3 is 2.34 bits per heavy atom. The lowest BCUT2D eigenvalue weighted by molar-refractivity contribution is -0.137. The summed E-state index contributed by atoms with van der Waals surface area (Å²) >= 11 is 5.53. The third-order valence-corrected chi connectivity index (χ3v) is 5.37. The summed E-state index contributed by atoms with van der Waals surface area (Å²) in [6.45, 7) is 1.68. The van der Waals surface area contributed by atoms with Crippen LogP contribution in [-0.2, 0) is 20.6 Å². The number of halogens is 4. The number of ether oxygens (including phenoxy) is 1. The molecule has 0 aromatic heterocycles. The van der Waals surface area contributed by atoms with Gasteiger partial charge in [-0.2, -0.15) is 18.3 Å². The summed E-state index contributed by atoms with van der Waals surface area (Å²) in [5.74, 6) is -2.28. The molecule has 8 nitrogen and oxygen atoms in total. The number of hydrazone groups is 1. The molecule has 0 aliphatic carbocycles. The van der Waals surface area contributed by atoms with Crippen LogP contribution in [0, 0.1) is 0 Å². The monoisotopic (exact) mass is 546 g/mol. The molecule has 0 spiro atoms. The Labute approximate surface area is 220 Å². The zero-order valence-electron chi connectivity index (χ0n) is 19.9. The Kier molecular flexibility index (Phi) is 9.44. The minimum atomic E-state index is -4.72. The molecule has 38 heavy (non-hydrogen) atoms. The topological polar surface area (TPSA) is 109 Å². The van der Waals surface area contributed by atoms with E-state index in [1.54, 1.807) is 24.3 Å². The Hall–Kier alpha value is -4.38. The summed E-state index contributed by atoms with van der Waals surface area (Å²) in [7, 11) is 0. The predicted molar refractivity (Wildman–Crippen MR) is 136 cm³/mol. The van der Waals surface area contributed by atoms with Crippen LogP contribution in [0.5, 0.6) is 5.75 Å². The molecule has 12 heteroatoms. The lowest BCUT2D eigenvalue weighted by Crippen LogP contribution is -2.32. The Balaban J connectivity index is 1.45. The van der Waals surface area contributed by atoms with Gasteiger partial charge in [-0.1, -0.05) is 41.9 Å². The molecule has 0 fully saturated rings. The first-order chi connectivity index (χ1) is 18.0. The van der Waals surface area contributed by atoms with E-state index in [0.717, 1.165) is 17.7 Å². The van der Waals surface area contributed by atoms with Gasteiger partial charge in [0, 0.05) is 5.69 Å². The molecule has 0 aliphatic heterocycles. The van der Waals surface area contributed by atoms with E-state index in [4.69, 9.17) is 16.3 Å². The lowest BCUT2D eigenvalue weighted by Gasteiger charge is -2.14. The van der Waals surface area contributed by atoms with Crippen molar-refractivity contribution in [2.75, 3.05) is 11.9 Å². The van der Waals surface area contributed by atoms with Gasteiger partial charge in [-0.3, -0.25) is 14.4 Å². The maximum atomic E-state index is 12.9. The van der Waals surface area contributed by atoms with Gasteiger partial charge in [0.1, 0.15) is 5.75 Å². The second-order valence-electron chi connectivity index (χ2n) is 7.90. The lowest BCUT2D eigenvalue weighted by atomic mass is 10.1. The van der Waals surface area contributed by atoms with Gasteiger partial charge >= 0.3 is 18.0 Å². The highest BCUT2D eigenvalue weighted by Crippen LogP contribution is 2.36. The number of nitrogens with zero attached hydrogens (tertiary/aromatic N) is 1. The first-order valence-corrected chi connectivity index (χ1v) is 11.5. The van der Waals surface area contributed by atoms with E-state index in [1.165, 1.54) is 6.21 Å². The highest BCUT2D eigenvalue weighted by Gasteiger charge is 2.33. The molecule has 0 saturated heterocycles. The van der Waals surface area contributed by atoms with Crippen molar-refractivity contribution in [1.29, 1.82) is 0 Å². The molecule has 0 aliphatic rings. The minimum absolute atomic E-state index is 0.174. The smallest absolute Gasteiger partial charge is 0.417 e. The van der Waals surface area contributed by atoms with E-state index in [-0.39, 0.29) is 24.2 Å². The average molecular weight is 547 g/mol. The predicted octanol–water partition coefficient (Wildman–Crippen LogP) is 4.70. The summed E-state index contributed by atoms with van der Waals surface area (Å²) in [6.07, 6.45) is -3.48. The number of carbonyl (C=O) groups excluding carboxylic acids is 3. The second kappa shape index (κ2) is 12.7. The number of carbonyl (C=O) groups is 3. The van der Waals surface area contributed by atoms with Crippen molar-refractivity contribution in [3.63, 3.8) is 0 Å². The molecule has 1 atom stereocenters. The van der Waals surface area contributed by atoms with Crippen LogP contribution >= 0.6 is 11.6 Å². The van der Waals surface area contributed by atoms with Gasteiger partial charge < -0.3 is 15.4 Å². The summed E-state index contributed by atoms with van der Waals surface area (Å²) in [4.78, 5) is 36.0. The molecule has 0 unspecified atom stereocenters. The van der Waals surface area contributed by atoms with Crippen molar-refractivity contribution in [1.82, 2.24) is 10.7 Å². The molecule has 198 valence electrons. The highest BCUT2D eigenvalue weighted by atomic mass is 35.5. The largest absolute Gasteiger partial charge is 0.484 e. The first-order valence-electron chi connectivity index (χ1n) is 11.1. The number of anilines is 1. The van der Waals surface area contributed by atoms with Crippen LogP contribution in [0.25, 0.3) is 0 Å². The molecule has 0 saturated carbocycles. The molecule has 3 N–H and O–H groups in total. The first kappa shape index (κ1) is 28.2. The summed E-state index contributed by atoms with van der Waals surface area (Å²) in [5.41, 5.74) is 2.07. The highest BCUT2D eigenvalue weighted by molar-refractivity contribution is 6.39. The number of hydrogen-bond acceptors (Lipinski definition) is 5. The number of alkyl halides is 3. The molecule has 0 bridgehead atoms. The second-order valence-corrected chi connectivity index (χ2v) is 8.31. The standard InChI is InChI=1S/C26H22ClF3N4O4/c1-16(18-5-3-2-4-6-18)32-23(35)15-38-20-10-7-17(8-11-20)14-31-34-25(37)24(36)33-19-9-12-22(27)21(13-19)26(28,29)30/h2-14,16H,15H2,1H3,(H,32,35)(H,33,36)(H,34,37)/b31-14-/t16-/m0/s1. The third-order valence-electron chi connectivity index (χ3n) is 5.04. The molecule has 0 heterocycles. The van der Waals surface area contributed by atoms with Crippen molar-refractivity contribution < 1.29 is 32.3 Å². The molecule has 3 aromatic carbocycles. The number of hydrogen-bond donors (Lipinski definition) is 3. The van der Waals surface area contributed by atoms with Gasteiger partial charge in [0.15, 0.2) is 6.61 Å². The van der Waals surface area contributed by atoms with Crippen molar-refractivity contribution in [3.05, 3.63) is 94.5 Å². The van der Waals surface area contributed by atoms with Crippen LogP contribution in [-0.4, -0.2) is 30.5 Å². The Morgan fingerprint density at radius 2 is 1.68 bits per heavy atom. The Bertz CT molecular complexity index is 1320. The van der Waals surface area contributed by atoms with Gasteiger partial charge in [0.2, 0.25) is 0 Å². The summed E-state index contributed by atoms with van der Waals surface area (Å²) in [5, 5.41) is 8.00. The maximum Gasteiger partial charge on any atom is 0.417 e.